The van der Waals surface area contributed by atoms with Gasteiger partial charge in [-0.05, 0) is 53.4 Å². The fourth-order valence-electron chi connectivity index (χ4n) is 5.32. The molecule has 0 fully saturated rings. The van der Waals surface area contributed by atoms with E-state index in [9.17, 15) is 0 Å². The predicted molar refractivity (Wildman–Crippen MR) is 165 cm³/mol. The number of hydrogen-bond acceptors (Lipinski definition) is 3. The molecule has 0 aliphatic carbocycles. The highest BCUT2D eigenvalue weighted by Gasteiger charge is 2.16. The van der Waals surface area contributed by atoms with Crippen molar-refractivity contribution in [2.45, 2.75) is 19.8 Å². The third kappa shape index (κ3) is 4.24. The van der Waals surface area contributed by atoms with Gasteiger partial charge >= 0.3 is 0 Å². The van der Waals surface area contributed by atoms with Crippen molar-refractivity contribution < 1.29 is 0 Å². The van der Waals surface area contributed by atoms with Gasteiger partial charge in [-0.1, -0.05) is 105 Å². The van der Waals surface area contributed by atoms with Gasteiger partial charge in [-0.15, -0.1) is 0 Å². The summed E-state index contributed by atoms with van der Waals surface area (Å²) in [5.41, 5.74) is 11.5. The van der Waals surface area contributed by atoms with Gasteiger partial charge in [0.15, 0.2) is 0 Å². The summed E-state index contributed by atoms with van der Waals surface area (Å²) < 4.78 is 2.23. The normalized spacial score (nSPS) is 11.5. The van der Waals surface area contributed by atoms with Crippen LogP contribution in [0.15, 0.2) is 127 Å². The first kappa shape index (κ1) is 24.0. The molecule has 4 heteroatoms. The Morgan fingerprint density at radius 3 is 1.65 bits per heavy atom. The molecule has 2 aromatic heterocycles. The summed E-state index contributed by atoms with van der Waals surface area (Å²) in [6, 6.07) is 44.1. The molecule has 0 bridgehead atoms. The highest BCUT2D eigenvalue weighted by atomic mass is 15.1. The van der Waals surface area contributed by atoms with Crippen LogP contribution in [0.2, 0.25) is 0 Å². The van der Waals surface area contributed by atoms with Crippen molar-refractivity contribution in [2.24, 2.45) is 0 Å². The average Bonchev–Trinajstić information content (AvgIpc) is 3.41. The van der Waals surface area contributed by atoms with Crippen LogP contribution in [-0.2, 0) is 0 Å². The van der Waals surface area contributed by atoms with E-state index in [4.69, 9.17) is 15.0 Å². The average molecular weight is 517 g/mol. The first-order chi connectivity index (χ1) is 19.7. The number of benzene rings is 5. The highest BCUT2D eigenvalue weighted by molar-refractivity contribution is 5.84. The number of aromatic nitrogens is 4. The number of rotatable bonds is 5. The second-order valence-electron chi connectivity index (χ2n) is 10.4. The molecule has 7 rings (SSSR count). The Hall–Kier alpha value is -5.09. The van der Waals surface area contributed by atoms with Crippen molar-refractivity contribution >= 4 is 22.1 Å². The van der Waals surface area contributed by atoms with Crippen molar-refractivity contribution in [1.29, 1.82) is 0 Å². The summed E-state index contributed by atoms with van der Waals surface area (Å²) in [7, 11) is 0. The summed E-state index contributed by atoms with van der Waals surface area (Å²) in [5.74, 6) is 1.21. The maximum Gasteiger partial charge on any atom is 0.145 e. The molecule has 0 saturated carbocycles. The Kier molecular flexibility index (Phi) is 5.94. The molecule has 40 heavy (non-hydrogen) atoms. The number of para-hydroxylation sites is 5. The van der Waals surface area contributed by atoms with E-state index in [2.05, 4.69) is 109 Å². The molecule has 2 heterocycles. The zero-order chi connectivity index (χ0) is 27.1. The molecular weight excluding hydrogens is 488 g/mol. The molecule has 5 aromatic carbocycles. The van der Waals surface area contributed by atoms with E-state index in [-0.39, 0.29) is 5.92 Å². The fourth-order valence-corrected chi connectivity index (χ4v) is 5.32. The van der Waals surface area contributed by atoms with Crippen LogP contribution in [0.5, 0.6) is 0 Å². The molecule has 4 nitrogen and oxygen atoms in total. The van der Waals surface area contributed by atoms with E-state index in [1.54, 1.807) is 0 Å². The van der Waals surface area contributed by atoms with Gasteiger partial charge in [0.25, 0.3) is 0 Å². The summed E-state index contributed by atoms with van der Waals surface area (Å²) in [6.45, 7) is 4.34. The van der Waals surface area contributed by atoms with Crippen molar-refractivity contribution in [3.8, 4) is 39.5 Å². The van der Waals surface area contributed by atoms with Gasteiger partial charge in [0.2, 0.25) is 0 Å². The molecule has 0 unspecified atom stereocenters. The number of nitrogens with zero attached hydrogens (tertiary/aromatic N) is 4. The van der Waals surface area contributed by atoms with Gasteiger partial charge in [0, 0.05) is 16.8 Å². The molecule has 192 valence electrons. The van der Waals surface area contributed by atoms with Crippen LogP contribution in [0.4, 0.5) is 0 Å². The van der Waals surface area contributed by atoms with Gasteiger partial charge in [-0.2, -0.15) is 0 Å². The minimum Gasteiger partial charge on any atom is -0.292 e. The van der Waals surface area contributed by atoms with Crippen LogP contribution in [0.3, 0.4) is 0 Å². The van der Waals surface area contributed by atoms with Crippen LogP contribution in [0.1, 0.15) is 25.5 Å². The molecule has 0 N–H and O–H groups in total. The standard InChI is InChI=1S/C36H28N4/c1-24(2)34-35(38-31-13-7-6-12-30(31)37-34)27-20-16-25(17-21-27)26-18-22-28(23-19-26)36-39-32-14-8-9-15-33(32)40(36)29-10-4-3-5-11-29/h3-24H,1-2H3. The zero-order valence-electron chi connectivity index (χ0n) is 22.5. The van der Waals surface area contributed by atoms with Crippen LogP contribution < -0.4 is 0 Å². The molecule has 0 aliphatic heterocycles. The quantitative estimate of drug-likeness (QED) is 0.229. The fraction of sp³-hybridized carbons (Fsp3) is 0.0833. The molecule has 0 radical (unpaired) electrons. The van der Waals surface area contributed by atoms with E-state index in [1.165, 1.54) is 0 Å². The van der Waals surface area contributed by atoms with Gasteiger partial charge in [0.1, 0.15) is 5.82 Å². The van der Waals surface area contributed by atoms with Crippen LogP contribution >= 0.6 is 0 Å². The van der Waals surface area contributed by atoms with E-state index >= 15 is 0 Å². The van der Waals surface area contributed by atoms with Crippen molar-refractivity contribution in [3.63, 3.8) is 0 Å². The van der Waals surface area contributed by atoms with E-state index in [0.29, 0.717) is 0 Å². The van der Waals surface area contributed by atoms with Gasteiger partial charge < -0.3 is 0 Å². The lowest BCUT2D eigenvalue weighted by Gasteiger charge is -2.13. The third-order valence-electron chi connectivity index (χ3n) is 7.35. The van der Waals surface area contributed by atoms with Crippen LogP contribution in [0, 0.1) is 0 Å². The number of fused-ring (bicyclic) bond motifs is 2. The Bertz CT molecular complexity index is 1950. The van der Waals surface area contributed by atoms with E-state index < -0.39 is 0 Å². The van der Waals surface area contributed by atoms with E-state index in [1.807, 2.05) is 36.4 Å². The molecule has 0 amide bonds. The topological polar surface area (TPSA) is 43.6 Å². The smallest absolute Gasteiger partial charge is 0.145 e. The first-order valence-corrected chi connectivity index (χ1v) is 13.7. The largest absolute Gasteiger partial charge is 0.292 e. The SMILES string of the molecule is CC(C)c1nc2ccccc2nc1-c1ccc(-c2ccc(-c3nc4ccccc4n3-c3ccccc3)cc2)cc1. The molecule has 0 aliphatic rings. The van der Waals surface area contributed by atoms with Crippen molar-refractivity contribution in [1.82, 2.24) is 19.5 Å². The summed E-state index contributed by atoms with van der Waals surface area (Å²) in [5, 5.41) is 0. The number of imidazole rings is 1. The van der Waals surface area contributed by atoms with Gasteiger partial charge in [-0.25, -0.2) is 15.0 Å². The molecular formula is C36H28N4. The maximum atomic E-state index is 5.00. The van der Waals surface area contributed by atoms with Gasteiger partial charge in [-0.3, -0.25) is 4.57 Å². The summed E-state index contributed by atoms with van der Waals surface area (Å²) in [6.07, 6.45) is 0. The van der Waals surface area contributed by atoms with Crippen LogP contribution in [-0.4, -0.2) is 19.5 Å². The first-order valence-electron chi connectivity index (χ1n) is 13.7. The predicted octanol–water partition coefficient (Wildman–Crippen LogP) is 9.09. The Morgan fingerprint density at radius 2 is 1.00 bits per heavy atom. The molecule has 0 atom stereocenters. The minimum absolute atomic E-state index is 0.277. The Labute approximate surface area is 233 Å². The van der Waals surface area contributed by atoms with Crippen LogP contribution in [0.25, 0.3) is 61.5 Å². The molecule has 0 spiro atoms. The summed E-state index contributed by atoms with van der Waals surface area (Å²) >= 11 is 0. The van der Waals surface area contributed by atoms with Gasteiger partial charge in [0.05, 0.1) is 33.5 Å². The maximum absolute atomic E-state index is 5.00. The Balaban J connectivity index is 1.24. The summed E-state index contributed by atoms with van der Waals surface area (Å²) in [4.78, 5) is 14.9. The minimum atomic E-state index is 0.277. The molecule has 7 aromatic rings. The lowest BCUT2D eigenvalue weighted by atomic mass is 9.98. The third-order valence-corrected chi connectivity index (χ3v) is 7.35. The number of hydrogen-bond donors (Lipinski definition) is 0. The second kappa shape index (κ2) is 9.90. The lowest BCUT2D eigenvalue weighted by molar-refractivity contribution is 0.825. The molecule has 0 saturated heterocycles. The lowest BCUT2D eigenvalue weighted by Crippen LogP contribution is -2.00. The van der Waals surface area contributed by atoms with E-state index in [0.717, 1.165) is 67.2 Å². The van der Waals surface area contributed by atoms with Crippen molar-refractivity contribution in [2.75, 3.05) is 0 Å². The second-order valence-corrected chi connectivity index (χ2v) is 10.4. The highest BCUT2D eigenvalue weighted by Crippen LogP contribution is 2.32. The zero-order valence-corrected chi connectivity index (χ0v) is 22.5. The van der Waals surface area contributed by atoms with Crippen molar-refractivity contribution in [3.05, 3.63) is 133 Å². The Morgan fingerprint density at radius 1 is 0.475 bits per heavy atom. The monoisotopic (exact) mass is 516 g/mol.